The molecule has 3 heterocycles. The van der Waals surface area contributed by atoms with E-state index in [-0.39, 0.29) is 11.9 Å². The second kappa shape index (κ2) is 14.0. The molecular weight excluding hydrogens is 565 g/mol. The summed E-state index contributed by atoms with van der Waals surface area (Å²) in [4.78, 5) is 21.7. The molecule has 1 atom stereocenters. The van der Waals surface area contributed by atoms with Crippen LogP contribution in [-0.4, -0.2) is 37.8 Å². The molecule has 9 nitrogen and oxygen atoms in total. The van der Waals surface area contributed by atoms with E-state index >= 15 is 0 Å². The van der Waals surface area contributed by atoms with Crippen molar-refractivity contribution in [3.63, 3.8) is 0 Å². The van der Waals surface area contributed by atoms with Crippen LogP contribution < -0.4 is 24.5 Å². The van der Waals surface area contributed by atoms with Crippen molar-refractivity contribution in [2.45, 2.75) is 19.1 Å². The number of pyridine rings is 2. The molecule has 39 heavy (non-hydrogen) atoms. The van der Waals surface area contributed by atoms with Crippen molar-refractivity contribution < 1.29 is 34.2 Å². The number of nitrogens with zero attached hydrogens (tertiary/aromatic N) is 1. The Morgan fingerprint density at radius 2 is 1.77 bits per heavy atom. The molecule has 3 aromatic heterocycles. The average Bonchev–Trinajstić information content (AvgIpc) is 3.42. The Kier molecular flexibility index (Phi) is 10.8. The first-order chi connectivity index (χ1) is 18.4. The fraction of sp³-hybridized carbons (Fsp3) is 0.222. The highest BCUT2D eigenvalue weighted by molar-refractivity contribution is 7.13. The lowest BCUT2D eigenvalue weighted by molar-refractivity contribution is -0.377. The first-order valence-electron chi connectivity index (χ1n) is 11.5. The maximum absolute atomic E-state index is 13.3. The number of benzene rings is 1. The Labute approximate surface area is 239 Å². The summed E-state index contributed by atoms with van der Waals surface area (Å²) < 4.78 is 22.1. The Morgan fingerprint density at radius 1 is 1.03 bits per heavy atom. The van der Waals surface area contributed by atoms with Gasteiger partial charge in [-0.25, -0.2) is 14.8 Å². The Morgan fingerprint density at radius 3 is 2.46 bits per heavy atom. The van der Waals surface area contributed by atoms with E-state index in [0.717, 1.165) is 10.6 Å². The molecule has 0 fully saturated rings. The van der Waals surface area contributed by atoms with Gasteiger partial charge in [0, 0.05) is 29.6 Å². The minimum absolute atomic E-state index is 0. The van der Waals surface area contributed by atoms with E-state index < -0.39 is 12.1 Å². The molecule has 0 spiro atoms. The molecule has 0 radical (unpaired) electrons. The van der Waals surface area contributed by atoms with Crippen molar-refractivity contribution in [2.24, 2.45) is 0 Å². The number of aromatic amines is 1. The molecule has 0 bridgehead atoms. The summed E-state index contributed by atoms with van der Waals surface area (Å²) in [6, 6.07) is 12.7. The summed E-state index contributed by atoms with van der Waals surface area (Å²) in [6.45, 7) is 0.491. The van der Waals surface area contributed by atoms with Gasteiger partial charge in [-0.1, -0.05) is 29.3 Å². The second-order valence-corrected chi connectivity index (χ2v) is 10.0. The number of rotatable bonds is 11. The number of nitrogens with one attached hydrogen (secondary N) is 2. The minimum Gasteiger partial charge on any atom is -0.870 e. The predicted octanol–water partition coefficient (Wildman–Crippen LogP) is 5.87. The van der Waals surface area contributed by atoms with Crippen molar-refractivity contribution in [2.75, 3.05) is 26.6 Å². The quantitative estimate of drug-likeness (QED) is 0.215. The maximum atomic E-state index is 13.3. The van der Waals surface area contributed by atoms with E-state index in [0.29, 0.717) is 50.0 Å². The highest BCUT2D eigenvalue weighted by Crippen LogP contribution is 2.35. The summed E-state index contributed by atoms with van der Waals surface area (Å²) in [5.74, 6) is 1.11. The van der Waals surface area contributed by atoms with Crippen LogP contribution in [0.5, 0.6) is 17.4 Å². The van der Waals surface area contributed by atoms with Gasteiger partial charge < -0.3 is 29.7 Å². The largest absolute Gasteiger partial charge is 0.870 e. The fourth-order valence-corrected chi connectivity index (χ4v) is 5.14. The van der Waals surface area contributed by atoms with Crippen LogP contribution in [0.25, 0.3) is 0 Å². The number of aromatic nitrogens is 2. The lowest BCUT2D eigenvalue weighted by Crippen LogP contribution is -2.15. The molecule has 4 rings (SSSR count). The number of anilines is 1. The zero-order chi connectivity index (χ0) is 27.1. The van der Waals surface area contributed by atoms with Crippen molar-refractivity contribution in [1.82, 2.24) is 4.98 Å². The van der Waals surface area contributed by atoms with E-state index in [1.54, 1.807) is 58.1 Å². The molecule has 0 aliphatic heterocycles. The molecule has 0 saturated heterocycles. The van der Waals surface area contributed by atoms with Crippen LogP contribution in [0, 0.1) is 0 Å². The number of esters is 1. The van der Waals surface area contributed by atoms with Crippen LogP contribution in [-0.2, 0) is 17.7 Å². The molecule has 0 saturated carbocycles. The van der Waals surface area contributed by atoms with Gasteiger partial charge in [0.25, 0.3) is 0 Å². The average molecular weight is 593 g/mol. The van der Waals surface area contributed by atoms with Crippen LogP contribution in [0.2, 0.25) is 10.0 Å². The molecule has 12 heteroatoms. The van der Waals surface area contributed by atoms with E-state index in [1.165, 1.54) is 11.3 Å². The van der Waals surface area contributed by atoms with E-state index in [4.69, 9.17) is 42.1 Å². The smallest absolute Gasteiger partial charge is 0.348 e. The number of carbonyl (C=O) groups excluding carboxylic acids is 1. The standard InChI is InChI=1S/C27H25Cl2N3O5S.H2O/c1-34-22-8-6-16(11-24(22)35-2)23(12-18-19(28)14-30-15-20(18)29)37-27(33)25-9-7-17(38-25)13-32-21-5-4-10-31-26(21)36-3;/h4-11,14-15,23,32H,12-13H2,1-3H3;1H2/t23-;/m0./s1. The van der Waals surface area contributed by atoms with Crippen LogP contribution in [0.3, 0.4) is 0 Å². The summed E-state index contributed by atoms with van der Waals surface area (Å²) >= 11 is 14.2. The van der Waals surface area contributed by atoms with Gasteiger partial charge in [0.05, 0.1) is 27.0 Å². The first kappa shape index (κ1) is 30.0. The number of thiophene rings is 1. The lowest BCUT2D eigenvalue weighted by atomic mass is 10.0. The number of hydrogen-bond donors (Lipinski definition) is 1. The molecule has 0 aliphatic rings. The zero-order valence-electron chi connectivity index (χ0n) is 21.4. The van der Waals surface area contributed by atoms with Crippen molar-refractivity contribution in [3.05, 3.63) is 92.0 Å². The number of hydrogen-bond acceptors (Lipinski definition) is 9. The van der Waals surface area contributed by atoms with E-state index in [9.17, 15) is 4.79 Å². The lowest BCUT2D eigenvalue weighted by Gasteiger charge is -2.20. The van der Waals surface area contributed by atoms with Crippen LogP contribution in [0.4, 0.5) is 5.69 Å². The second-order valence-electron chi connectivity index (χ2n) is 8.02. The van der Waals surface area contributed by atoms with Crippen LogP contribution in [0.15, 0.2) is 61.1 Å². The molecule has 0 unspecified atom stereocenters. The first-order valence-corrected chi connectivity index (χ1v) is 13.1. The molecule has 0 amide bonds. The van der Waals surface area contributed by atoms with Gasteiger partial charge in [-0.3, -0.25) is 0 Å². The third-order valence-electron chi connectivity index (χ3n) is 5.70. The van der Waals surface area contributed by atoms with E-state index in [1.807, 2.05) is 24.3 Å². The number of halogens is 2. The molecule has 1 aromatic carbocycles. The van der Waals surface area contributed by atoms with Crippen LogP contribution in [0.1, 0.15) is 31.8 Å². The minimum atomic E-state index is -0.692. The SMILES string of the molecule is COc1ccc([C@H](Cc2c(Cl)c[nH+]cc2Cl)OC(=O)c2ccc(CNc3cccnc3OC)s2)cc1OC.[OH-]. The van der Waals surface area contributed by atoms with Gasteiger partial charge in [-0.2, -0.15) is 0 Å². The fourth-order valence-electron chi connectivity index (χ4n) is 3.78. The van der Waals surface area contributed by atoms with Gasteiger partial charge in [0.2, 0.25) is 5.88 Å². The van der Waals surface area contributed by atoms with Crippen LogP contribution >= 0.6 is 34.5 Å². The van der Waals surface area contributed by atoms with Crippen molar-refractivity contribution in [3.8, 4) is 17.4 Å². The third kappa shape index (κ3) is 7.30. The zero-order valence-corrected chi connectivity index (χ0v) is 23.7. The molecule has 4 aromatic rings. The molecule has 3 N–H and O–H groups in total. The highest BCUT2D eigenvalue weighted by Gasteiger charge is 2.24. The molecule has 0 aliphatic carbocycles. The van der Waals surface area contributed by atoms with Gasteiger partial charge >= 0.3 is 5.97 Å². The third-order valence-corrected chi connectivity index (χ3v) is 7.44. The molecular formula is C27H27Cl2N3O6S. The summed E-state index contributed by atoms with van der Waals surface area (Å²) in [5.41, 5.74) is 2.12. The number of H-pyrrole nitrogens is 1. The van der Waals surface area contributed by atoms with Gasteiger partial charge in [-0.15, -0.1) is 11.3 Å². The number of ether oxygens (including phenoxy) is 4. The maximum Gasteiger partial charge on any atom is 0.348 e. The number of carbonyl (C=O) groups is 1. The van der Waals surface area contributed by atoms with Gasteiger partial charge in [-0.05, 0) is 42.0 Å². The summed E-state index contributed by atoms with van der Waals surface area (Å²) in [6.07, 6.45) is 4.49. The van der Waals surface area contributed by atoms with Gasteiger partial charge in [0.15, 0.2) is 23.9 Å². The Hall–Kier alpha value is -3.57. The Bertz CT molecular complexity index is 1400. The highest BCUT2D eigenvalue weighted by atomic mass is 35.5. The molecule has 206 valence electrons. The van der Waals surface area contributed by atoms with Gasteiger partial charge in [0.1, 0.15) is 21.0 Å². The Balaban J connectivity index is 0.00000420. The normalized spacial score (nSPS) is 11.2. The van der Waals surface area contributed by atoms with Crippen molar-refractivity contribution >= 4 is 46.2 Å². The van der Waals surface area contributed by atoms with Crippen molar-refractivity contribution in [1.29, 1.82) is 0 Å². The predicted molar refractivity (Wildman–Crippen MR) is 149 cm³/mol. The summed E-state index contributed by atoms with van der Waals surface area (Å²) in [5, 5.41) is 4.16. The number of methoxy groups -OCH3 is 3. The van der Waals surface area contributed by atoms with E-state index in [2.05, 4.69) is 15.3 Å². The topological polar surface area (TPSA) is 123 Å². The monoisotopic (exact) mass is 591 g/mol. The summed E-state index contributed by atoms with van der Waals surface area (Å²) in [7, 11) is 4.67.